The third-order valence-electron chi connectivity index (χ3n) is 3.50. The lowest BCUT2D eigenvalue weighted by Gasteiger charge is -1.99. The van der Waals surface area contributed by atoms with Crippen LogP contribution in [0, 0.1) is 0 Å². The Labute approximate surface area is 153 Å². The molecule has 140 valence electrons. The van der Waals surface area contributed by atoms with Gasteiger partial charge >= 0.3 is 5.97 Å². The lowest BCUT2D eigenvalue weighted by atomic mass is 10.1. The largest absolute Gasteiger partial charge is 0.481 e. The number of carboxylic acid groups (broad SMARTS) is 1. The fourth-order valence-electron chi connectivity index (χ4n) is 2.11. The molecule has 0 rings (SSSR count). The number of allylic oxidation sites excluding steroid dienone is 8. The minimum Gasteiger partial charge on any atom is -0.481 e. The average Bonchev–Trinajstić information content (AvgIpc) is 2.58. The number of rotatable bonds is 15. The van der Waals surface area contributed by atoms with Crippen LogP contribution in [0.15, 0.2) is 60.8 Å². The molecule has 0 bridgehead atoms. The average molecular weight is 347 g/mol. The van der Waals surface area contributed by atoms with Crippen LogP contribution in [0.25, 0.3) is 0 Å². The van der Waals surface area contributed by atoms with Crippen molar-refractivity contribution in [1.82, 2.24) is 0 Å². The van der Waals surface area contributed by atoms with Crippen molar-refractivity contribution in [1.29, 1.82) is 0 Å². The van der Waals surface area contributed by atoms with Crippen molar-refractivity contribution in [3.05, 3.63) is 60.8 Å². The highest BCUT2D eigenvalue weighted by Crippen LogP contribution is 2.05. The molecule has 2 N–H and O–H groups in total. The Bertz CT molecular complexity index is 456. The molecule has 3 nitrogen and oxygen atoms in total. The highest BCUT2D eigenvalue weighted by atomic mass is 16.4. The van der Waals surface area contributed by atoms with Crippen LogP contribution >= 0.6 is 0 Å². The molecule has 0 aromatic carbocycles. The summed E-state index contributed by atoms with van der Waals surface area (Å²) in [6.07, 6.45) is 27.4. The van der Waals surface area contributed by atoms with Crippen LogP contribution < -0.4 is 0 Å². The van der Waals surface area contributed by atoms with Crippen LogP contribution in [0.3, 0.4) is 0 Å². The van der Waals surface area contributed by atoms with Gasteiger partial charge in [-0.1, -0.05) is 74.1 Å². The van der Waals surface area contributed by atoms with Crippen LogP contribution in [0.1, 0.15) is 64.7 Å². The van der Waals surface area contributed by atoms with E-state index >= 15 is 0 Å². The van der Waals surface area contributed by atoms with E-state index in [-0.39, 0.29) is 6.42 Å². The smallest absolute Gasteiger partial charge is 0.303 e. The lowest BCUT2D eigenvalue weighted by Crippen LogP contribution is -1.98. The third-order valence-corrected chi connectivity index (χ3v) is 3.50. The van der Waals surface area contributed by atoms with Crippen molar-refractivity contribution >= 4 is 5.97 Å². The summed E-state index contributed by atoms with van der Waals surface area (Å²) >= 11 is 0. The Morgan fingerprint density at radius 3 is 2.32 bits per heavy atom. The van der Waals surface area contributed by atoms with Crippen molar-refractivity contribution in [2.45, 2.75) is 70.8 Å². The van der Waals surface area contributed by atoms with Gasteiger partial charge in [-0.25, -0.2) is 0 Å². The molecule has 0 aliphatic carbocycles. The van der Waals surface area contributed by atoms with E-state index in [0.29, 0.717) is 6.42 Å². The molecule has 0 amide bonds. The summed E-state index contributed by atoms with van der Waals surface area (Å²) in [7, 11) is 0. The first-order valence-corrected chi connectivity index (χ1v) is 9.35. The van der Waals surface area contributed by atoms with E-state index in [0.717, 1.165) is 44.9 Å². The van der Waals surface area contributed by atoms with Crippen LogP contribution in [0.2, 0.25) is 0 Å². The zero-order chi connectivity index (χ0) is 18.6. The Morgan fingerprint density at radius 2 is 1.60 bits per heavy atom. The molecule has 0 aliphatic heterocycles. The van der Waals surface area contributed by atoms with Gasteiger partial charge in [0.2, 0.25) is 0 Å². The molecule has 0 aromatic heterocycles. The quantitative estimate of drug-likeness (QED) is 0.226. The zero-order valence-corrected chi connectivity index (χ0v) is 15.5. The van der Waals surface area contributed by atoms with Crippen LogP contribution in [-0.2, 0) is 4.79 Å². The maximum absolute atomic E-state index is 10.4. The molecular formula is C22H34O3. The van der Waals surface area contributed by atoms with E-state index in [9.17, 15) is 9.90 Å². The molecule has 0 saturated carbocycles. The molecule has 1 atom stereocenters. The van der Waals surface area contributed by atoms with Crippen LogP contribution in [-0.4, -0.2) is 22.3 Å². The molecule has 0 fully saturated rings. The topological polar surface area (TPSA) is 57.5 Å². The first-order valence-electron chi connectivity index (χ1n) is 9.35. The summed E-state index contributed by atoms with van der Waals surface area (Å²) in [4.78, 5) is 10.4. The number of hydrogen-bond acceptors (Lipinski definition) is 2. The molecule has 3 heteroatoms. The summed E-state index contributed by atoms with van der Waals surface area (Å²) in [6, 6.07) is 0. The van der Waals surface area contributed by atoms with Crippen molar-refractivity contribution in [2.24, 2.45) is 0 Å². The van der Waals surface area contributed by atoms with Gasteiger partial charge in [0.05, 0.1) is 6.10 Å². The number of aliphatic carboxylic acids is 1. The van der Waals surface area contributed by atoms with E-state index in [2.05, 4.69) is 43.4 Å². The van der Waals surface area contributed by atoms with Crippen LogP contribution in [0.4, 0.5) is 0 Å². The van der Waals surface area contributed by atoms with Gasteiger partial charge in [0.1, 0.15) is 0 Å². The molecule has 0 unspecified atom stereocenters. The monoisotopic (exact) mass is 346 g/mol. The number of unbranched alkanes of at least 4 members (excludes halogenated alkanes) is 3. The summed E-state index contributed by atoms with van der Waals surface area (Å²) in [5.41, 5.74) is 0. The first kappa shape index (κ1) is 23.1. The minimum atomic E-state index is -0.723. The van der Waals surface area contributed by atoms with Gasteiger partial charge in [0.15, 0.2) is 0 Å². The van der Waals surface area contributed by atoms with Crippen molar-refractivity contribution in [3.63, 3.8) is 0 Å². The van der Waals surface area contributed by atoms with Gasteiger partial charge in [-0.05, 0) is 44.9 Å². The fourth-order valence-corrected chi connectivity index (χ4v) is 2.11. The summed E-state index contributed by atoms with van der Waals surface area (Å²) < 4.78 is 0. The van der Waals surface area contributed by atoms with E-state index in [1.54, 1.807) is 6.08 Å². The van der Waals surface area contributed by atoms with Gasteiger partial charge in [-0.3, -0.25) is 4.79 Å². The predicted octanol–water partition coefficient (Wildman–Crippen LogP) is 5.74. The molecule has 0 aliphatic rings. The maximum atomic E-state index is 10.4. The van der Waals surface area contributed by atoms with E-state index < -0.39 is 12.1 Å². The molecule has 0 heterocycles. The van der Waals surface area contributed by atoms with E-state index in [4.69, 9.17) is 5.11 Å². The predicted molar refractivity (Wildman–Crippen MR) is 107 cm³/mol. The number of hydrogen-bond donors (Lipinski definition) is 2. The number of carboxylic acids is 1. The Hall–Kier alpha value is -1.87. The Balaban J connectivity index is 3.63. The highest BCUT2D eigenvalue weighted by Gasteiger charge is 1.96. The maximum Gasteiger partial charge on any atom is 0.303 e. The second-order valence-electron chi connectivity index (χ2n) is 5.90. The van der Waals surface area contributed by atoms with Gasteiger partial charge in [-0.2, -0.15) is 0 Å². The first-order chi connectivity index (χ1) is 12.2. The summed E-state index contributed by atoms with van der Waals surface area (Å²) in [5, 5.41) is 18.3. The highest BCUT2D eigenvalue weighted by molar-refractivity contribution is 5.66. The van der Waals surface area contributed by atoms with Gasteiger partial charge in [0.25, 0.3) is 0 Å². The van der Waals surface area contributed by atoms with Gasteiger partial charge in [-0.15, -0.1) is 0 Å². The Kier molecular flexibility index (Phi) is 17.1. The normalized spacial score (nSPS) is 14.0. The summed E-state index contributed by atoms with van der Waals surface area (Å²) in [6.45, 7) is 2.13. The molecule has 0 saturated heterocycles. The van der Waals surface area contributed by atoms with Gasteiger partial charge < -0.3 is 10.2 Å². The number of carbonyl (C=O) groups is 1. The van der Waals surface area contributed by atoms with Crippen molar-refractivity contribution in [3.8, 4) is 0 Å². The van der Waals surface area contributed by atoms with E-state index in [1.807, 2.05) is 18.2 Å². The van der Waals surface area contributed by atoms with Gasteiger partial charge in [0, 0.05) is 6.42 Å². The fraction of sp³-hybridized carbons (Fsp3) is 0.500. The number of aliphatic hydroxyl groups excluding tert-OH is 1. The summed E-state index contributed by atoms with van der Waals surface area (Å²) in [5.74, 6) is -0.723. The zero-order valence-electron chi connectivity index (χ0n) is 15.5. The molecule has 0 radical (unpaired) electrons. The van der Waals surface area contributed by atoms with E-state index in [1.165, 1.54) is 0 Å². The SMILES string of the molecule is CC/C=C\C/C=C\C/C=C\C=C\[C@H](O)C/C=C\CCCCCC(=O)O. The standard InChI is InChI=1S/C22H34O3/c1-2-3-4-5-6-7-8-9-12-15-18-21(23)19-16-13-10-11-14-17-20-22(24)25/h3-4,6-7,9,12-13,15-16,18,21,23H,2,5,8,10-11,14,17,19-20H2,1H3,(H,24,25)/b4-3-,7-6-,12-9-,16-13-,18-15+/t21-/m0/s1. The Morgan fingerprint density at radius 1 is 0.880 bits per heavy atom. The van der Waals surface area contributed by atoms with Crippen LogP contribution in [0.5, 0.6) is 0 Å². The second-order valence-corrected chi connectivity index (χ2v) is 5.90. The molecule has 0 spiro atoms. The molecular weight excluding hydrogens is 312 g/mol. The number of aliphatic hydroxyl groups is 1. The third kappa shape index (κ3) is 20.1. The minimum absolute atomic E-state index is 0.256. The molecule has 25 heavy (non-hydrogen) atoms. The van der Waals surface area contributed by atoms with Crippen molar-refractivity contribution < 1.29 is 15.0 Å². The van der Waals surface area contributed by atoms with Crippen molar-refractivity contribution in [2.75, 3.05) is 0 Å². The second kappa shape index (κ2) is 18.5. The lowest BCUT2D eigenvalue weighted by molar-refractivity contribution is -0.137. The molecule has 0 aromatic rings.